The van der Waals surface area contributed by atoms with Gasteiger partial charge in [-0.2, -0.15) is 4.98 Å². The normalized spacial score (nSPS) is 25.1. The number of amides is 1. The summed E-state index contributed by atoms with van der Waals surface area (Å²) in [6, 6.07) is 0. The number of nitrogen functional groups attached to an aromatic ring is 1. The van der Waals surface area contributed by atoms with Crippen molar-refractivity contribution in [3.8, 4) is 0 Å². The molecule has 1 amide bonds. The molecule has 2 unspecified atom stereocenters. The van der Waals surface area contributed by atoms with Crippen LogP contribution in [-0.4, -0.2) is 52.7 Å². The second kappa shape index (κ2) is 7.41. The van der Waals surface area contributed by atoms with E-state index in [1.54, 1.807) is 4.90 Å². The Hall–Kier alpha value is -2.05. The lowest BCUT2D eigenvalue weighted by Gasteiger charge is -2.40. The Morgan fingerprint density at radius 1 is 1.07 bits per heavy atom. The monoisotopic (exact) mass is 387 g/mol. The molecule has 2 N–H and O–H groups in total. The molecule has 7 heteroatoms. The predicted molar refractivity (Wildman–Crippen MR) is 109 cm³/mol. The first-order valence-corrected chi connectivity index (χ1v) is 10.7. The molecule has 4 rings (SSSR count). The molecule has 3 aliphatic rings. The summed E-state index contributed by atoms with van der Waals surface area (Å²) in [5, 5.41) is 0. The van der Waals surface area contributed by atoms with E-state index in [1.807, 2.05) is 20.8 Å². The Bertz CT molecular complexity index is 737. The molecule has 0 spiro atoms. The van der Waals surface area contributed by atoms with Gasteiger partial charge in [-0.1, -0.05) is 12.8 Å². The quantitative estimate of drug-likeness (QED) is 0.796. The zero-order chi connectivity index (χ0) is 19.9. The molecule has 28 heavy (non-hydrogen) atoms. The van der Waals surface area contributed by atoms with Crippen LogP contribution in [0.15, 0.2) is 0 Å². The number of ether oxygens (including phenoxy) is 1. The van der Waals surface area contributed by atoms with Gasteiger partial charge in [0.2, 0.25) is 5.95 Å². The van der Waals surface area contributed by atoms with E-state index in [1.165, 1.54) is 43.4 Å². The van der Waals surface area contributed by atoms with Gasteiger partial charge in [0.25, 0.3) is 0 Å². The van der Waals surface area contributed by atoms with Crippen LogP contribution in [-0.2, 0) is 11.2 Å². The average Bonchev–Trinajstić information content (AvgIpc) is 2.66. The van der Waals surface area contributed by atoms with Crippen molar-refractivity contribution >= 4 is 17.9 Å². The molecule has 1 saturated heterocycles. The molecule has 1 saturated carbocycles. The molecule has 1 aromatic rings. The summed E-state index contributed by atoms with van der Waals surface area (Å²) in [4.78, 5) is 25.7. The van der Waals surface area contributed by atoms with Gasteiger partial charge in [0.15, 0.2) is 0 Å². The standard InChI is InChI=1S/C21H33N5O2/c1-21(2,3)28-20(27)26-12-10-25(11-13-26)18-16-9-8-14-6-4-5-7-15(14)17(16)23-19(22)24-18/h14-15H,4-13H2,1-3H3,(H2,22,23,24). The van der Waals surface area contributed by atoms with Crippen LogP contribution in [0.5, 0.6) is 0 Å². The summed E-state index contributed by atoms with van der Waals surface area (Å²) < 4.78 is 5.51. The maximum absolute atomic E-state index is 12.3. The lowest BCUT2D eigenvalue weighted by Crippen LogP contribution is -2.50. The molecule has 0 aromatic carbocycles. The van der Waals surface area contributed by atoms with Crippen LogP contribution in [0.2, 0.25) is 0 Å². The number of piperazine rings is 1. The molecule has 2 heterocycles. The third kappa shape index (κ3) is 3.89. The first-order valence-electron chi connectivity index (χ1n) is 10.7. The van der Waals surface area contributed by atoms with E-state index in [0.717, 1.165) is 31.2 Å². The highest BCUT2D eigenvalue weighted by Gasteiger charge is 2.36. The number of fused-ring (bicyclic) bond motifs is 3. The molecule has 154 valence electrons. The Morgan fingerprint density at radius 3 is 2.50 bits per heavy atom. The summed E-state index contributed by atoms with van der Waals surface area (Å²) in [5.41, 5.74) is 8.15. The minimum atomic E-state index is -0.467. The van der Waals surface area contributed by atoms with Gasteiger partial charge in [-0.15, -0.1) is 0 Å². The zero-order valence-electron chi connectivity index (χ0n) is 17.4. The maximum atomic E-state index is 12.3. The average molecular weight is 388 g/mol. The second-order valence-corrected chi connectivity index (χ2v) is 9.41. The minimum Gasteiger partial charge on any atom is -0.444 e. The number of hydrogen-bond acceptors (Lipinski definition) is 6. The fourth-order valence-electron chi connectivity index (χ4n) is 4.98. The van der Waals surface area contributed by atoms with Crippen molar-refractivity contribution < 1.29 is 9.53 Å². The molecule has 0 radical (unpaired) electrons. The Labute approximate surface area is 167 Å². The van der Waals surface area contributed by atoms with Crippen LogP contribution in [0, 0.1) is 5.92 Å². The van der Waals surface area contributed by atoms with E-state index in [9.17, 15) is 4.79 Å². The highest BCUT2D eigenvalue weighted by molar-refractivity contribution is 5.68. The molecule has 2 fully saturated rings. The van der Waals surface area contributed by atoms with Crippen molar-refractivity contribution in [3.05, 3.63) is 11.3 Å². The number of nitrogens with two attached hydrogens (primary N) is 1. The predicted octanol–water partition coefficient (Wildman–Crippen LogP) is 3.34. The Kier molecular flexibility index (Phi) is 5.10. The second-order valence-electron chi connectivity index (χ2n) is 9.41. The zero-order valence-corrected chi connectivity index (χ0v) is 17.4. The van der Waals surface area contributed by atoms with Gasteiger partial charge in [0, 0.05) is 37.7 Å². The third-order valence-electron chi connectivity index (χ3n) is 6.29. The Morgan fingerprint density at radius 2 is 1.79 bits per heavy atom. The molecule has 1 aromatic heterocycles. The van der Waals surface area contributed by atoms with Crippen LogP contribution < -0.4 is 10.6 Å². The Balaban J connectivity index is 1.50. The summed E-state index contributed by atoms with van der Waals surface area (Å²) in [6.45, 7) is 8.46. The van der Waals surface area contributed by atoms with Gasteiger partial charge in [-0.05, 0) is 52.4 Å². The molecule has 2 aliphatic carbocycles. The first-order chi connectivity index (χ1) is 13.3. The number of rotatable bonds is 1. The smallest absolute Gasteiger partial charge is 0.410 e. The minimum absolute atomic E-state index is 0.235. The number of carbonyl (C=O) groups excluding carboxylic acids is 1. The number of carbonyl (C=O) groups is 1. The number of nitrogens with zero attached hydrogens (tertiary/aromatic N) is 4. The highest BCUT2D eigenvalue weighted by atomic mass is 16.6. The van der Waals surface area contributed by atoms with Crippen molar-refractivity contribution in [3.63, 3.8) is 0 Å². The summed E-state index contributed by atoms with van der Waals surface area (Å²) in [5.74, 6) is 2.68. The molecule has 7 nitrogen and oxygen atoms in total. The van der Waals surface area contributed by atoms with Gasteiger partial charge in [-0.3, -0.25) is 0 Å². The van der Waals surface area contributed by atoms with Gasteiger partial charge in [0.1, 0.15) is 11.4 Å². The summed E-state index contributed by atoms with van der Waals surface area (Å²) in [6.07, 6.45) is 7.21. The van der Waals surface area contributed by atoms with Gasteiger partial charge >= 0.3 is 6.09 Å². The molecular formula is C21H33N5O2. The van der Waals surface area contributed by atoms with Gasteiger partial charge in [-0.25, -0.2) is 9.78 Å². The third-order valence-corrected chi connectivity index (χ3v) is 6.29. The molecular weight excluding hydrogens is 354 g/mol. The van der Waals surface area contributed by atoms with Crippen LogP contribution in [0.4, 0.5) is 16.6 Å². The van der Waals surface area contributed by atoms with Gasteiger partial charge in [0.05, 0.1) is 5.69 Å². The van der Waals surface area contributed by atoms with Crippen molar-refractivity contribution in [1.29, 1.82) is 0 Å². The van der Waals surface area contributed by atoms with E-state index in [-0.39, 0.29) is 6.09 Å². The van der Waals surface area contributed by atoms with E-state index in [2.05, 4.69) is 9.88 Å². The topological polar surface area (TPSA) is 84.6 Å². The van der Waals surface area contributed by atoms with Gasteiger partial charge < -0.3 is 20.3 Å². The lowest BCUT2D eigenvalue weighted by atomic mass is 9.70. The largest absolute Gasteiger partial charge is 0.444 e. The fraction of sp³-hybridized carbons (Fsp3) is 0.762. The maximum Gasteiger partial charge on any atom is 0.410 e. The van der Waals surface area contributed by atoms with E-state index < -0.39 is 5.60 Å². The van der Waals surface area contributed by atoms with Crippen LogP contribution in [0.1, 0.15) is 70.1 Å². The van der Waals surface area contributed by atoms with Crippen LogP contribution in [0.3, 0.4) is 0 Å². The number of anilines is 2. The van der Waals surface area contributed by atoms with E-state index >= 15 is 0 Å². The van der Waals surface area contributed by atoms with Crippen LogP contribution >= 0.6 is 0 Å². The fourth-order valence-corrected chi connectivity index (χ4v) is 4.98. The first kappa shape index (κ1) is 19.3. The lowest BCUT2D eigenvalue weighted by molar-refractivity contribution is 0.0240. The molecule has 1 aliphatic heterocycles. The van der Waals surface area contributed by atoms with Crippen molar-refractivity contribution in [2.45, 2.75) is 70.8 Å². The summed E-state index contributed by atoms with van der Waals surface area (Å²) in [7, 11) is 0. The number of aromatic nitrogens is 2. The SMILES string of the molecule is CC(C)(C)OC(=O)N1CCN(c2nc(N)nc3c2CCC2CCCCC32)CC1. The molecule has 2 atom stereocenters. The van der Waals surface area contributed by atoms with Crippen molar-refractivity contribution in [2.24, 2.45) is 5.92 Å². The van der Waals surface area contributed by atoms with Crippen molar-refractivity contribution in [2.75, 3.05) is 36.8 Å². The number of hydrogen-bond donors (Lipinski definition) is 1. The van der Waals surface area contributed by atoms with Crippen molar-refractivity contribution in [1.82, 2.24) is 14.9 Å². The van der Waals surface area contributed by atoms with E-state index in [4.69, 9.17) is 15.5 Å². The summed E-state index contributed by atoms with van der Waals surface area (Å²) >= 11 is 0. The highest BCUT2D eigenvalue weighted by Crippen LogP contribution is 2.46. The van der Waals surface area contributed by atoms with E-state index in [0.29, 0.717) is 25.0 Å². The van der Waals surface area contributed by atoms with Crippen LogP contribution in [0.25, 0.3) is 0 Å². The molecule has 0 bridgehead atoms.